The molecule has 0 spiro atoms. The summed E-state index contributed by atoms with van der Waals surface area (Å²) in [6.45, 7) is 4.63. The molecular weight excluding hydrogens is 188 g/mol. The summed E-state index contributed by atoms with van der Waals surface area (Å²) in [4.78, 5) is 11.5. The van der Waals surface area contributed by atoms with Gasteiger partial charge in [0.1, 0.15) is 0 Å². The number of hydrogen-bond donors (Lipinski definition) is 1. The molecule has 0 saturated heterocycles. The summed E-state index contributed by atoms with van der Waals surface area (Å²) < 4.78 is 0. The van der Waals surface area contributed by atoms with E-state index in [-0.39, 0.29) is 5.41 Å². The summed E-state index contributed by atoms with van der Waals surface area (Å²) in [6.07, 6.45) is 6.62. The summed E-state index contributed by atoms with van der Waals surface area (Å²) in [5.74, 6) is 0.163. The molecule has 4 aliphatic carbocycles. The third-order valence-corrected chi connectivity index (χ3v) is 5.08. The van der Waals surface area contributed by atoms with Crippen LogP contribution in [0.25, 0.3) is 0 Å². The first kappa shape index (κ1) is 9.68. The maximum absolute atomic E-state index is 11.5. The number of aliphatic carboxylic acids is 1. The van der Waals surface area contributed by atoms with Crippen molar-refractivity contribution < 1.29 is 9.90 Å². The van der Waals surface area contributed by atoms with E-state index in [2.05, 4.69) is 13.8 Å². The summed E-state index contributed by atoms with van der Waals surface area (Å²) in [5.41, 5.74) is 0.294. The van der Waals surface area contributed by atoms with Crippen LogP contribution in [0, 0.1) is 22.2 Å². The molecule has 2 nitrogen and oxygen atoms in total. The van der Waals surface area contributed by atoms with Gasteiger partial charge in [-0.25, -0.2) is 0 Å². The van der Waals surface area contributed by atoms with E-state index in [9.17, 15) is 9.90 Å². The number of carbonyl (C=O) groups is 1. The summed E-state index contributed by atoms with van der Waals surface area (Å²) >= 11 is 0. The zero-order valence-corrected chi connectivity index (χ0v) is 9.68. The van der Waals surface area contributed by atoms with E-state index in [0.717, 1.165) is 19.3 Å². The van der Waals surface area contributed by atoms with Crippen LogP contribution in [-0.4, -0.2) is 11.1 Å². The molecule has 0 aromatic heterocycles. The van der Waals surface area contributed by atoms with Gasteiger partial charge in [-0.1, -0.05) is 13.8 Å². The van der Waals surface area contributed by atoms with Gasteiger partial charge in [-0.3, -0.25) is 4.79 Å². The Morgan fingerprint density at radius 2 is 1.60 bits per heavy atom. The fourth-order valence-electron chi connectivity index (χ4n) is 5.69. The highest BCUT2D eigenvalue weighted by Gasteiger charge is 2.62. The van der Waals surface area contributed by atoms with Crippen LogP contribution >= 0.6 is 0 Å². The Hall–Kier alpha value is -0.530. The van der Waals surface area contributed by atoms with Crippen LogP contribution in [0.2, 0.25) is 0 Å². The van der Waals surface area contributed by atoms with Gasteiger partial charge in [0.05, 0.1) is 5.41 Å². The van der Waals surface area contributed by atoms with Gasteiger partial charge in [0, 0.05) is 0 Å². The molecule has 0 radical (unpaired) electrons. The van der Waals surface area contributed by atoms with E-state index >= 15 is 0 Å². The Bertz CT molecular complexity index is 315. The van der Waals surface area contributed by atoms with Gasteiger partial charge >= 0.3 is 5.97 Å². The summed E-state index contributed by atoms with van der Waals surface area (Å²) in [7, 11) is 0. The Balaban J connectivity index is 2.05. The lowest BCUT2D eigenvalue weighted by atomic mass is 9.40. The summed E-state index contributed by atoms with van der Waals surface area (Å²) in [6, 6.07) is 0. The Kier molecular flexibility index (Phi) is 1.56. The van der Waals surface area contributed by atoms with Crippen molar-refractivity contribution in [1.29, 1.82) is 0 Å². The normalized spacial score (nSPS) is 57.1. The molecule has 4 bridgehead atoms. The Morgan fingerprint density at radius 3 is 2.00 bits per heavy atom. The zero-order chi connectivity index (χ0) is 10.9. The number of carboxylic acids is 1. The van der Waals surface area contributed by atoms with Crippen molar-refractivity contribution >= 4 is 5.97 Å². The molecule has 0 aromatic carbocycles. The van der Waals surface area contributed by atoms with E-state index in [1.165, 1.54) is 19.3 Å². The van der Waals surface area contributed by atoms with Crippen molar-refractivity contribution in [2.24, 2.45) is 22.2 Å². The predicted octanol–water partition coefficient (Wildman–Crippen LogP) is 3.07. The fourth-order valence-corrected chi connectivity index (χ4v) is 5.69. The fraction of sp³-hybridized carbons (Fsp3) is 0.923. The van der Waals surface area contributed by atoms with Crippen LogP contribution in [0.3, 0.4) is 0 Å². The maximum Gasteiger partial charge on any atom is 0.309 e. The highest BCUT2D eigenvalue weighted by Crippen LogP contribution is 2.69. The first-order chi connectivity index (χ1) is 6.85. The minimum absolute atomic E-state index is 0.326. The monoisotopic (exact) mass is 208 g/mol. The zero-order valence-electron chi connectivity index (χ0n) is 9.68. The topological polar surface area (TPSA) is 37.3 Å². The molecule has 4 atom stereocenters. The molecule has 4 aliphatic rings. The molecule has 4 fully saturated rings. The molecule has 2 heteroatoms. The molecule has 4 saturated carbocycles. The minimum Gasteiger partial charge on any atom is -0.481 e. The Morgan fingerprint density at radius 1 is 1.07 bits per heavy atom. The third-order valence-electron chi connectivity index (χ3n) is 5.08. The van der Waals surface area contributed by atoms with Gasteiger partial charge in [-0.15, -0.1) is 0 Å². The molecule has 15 heavy (non-hydrogen) atoms. The molecule has 4 rings (SSSR count). The SMILES string of the molecule is C[C@]12CC3CC(C(=O)O)(C1)C[C@@](C)(C3)C2. The first-order valence-corrected chi connectivity index (χ1v) is 6.08. The van der Waals surface area contributed by atoms with Crippen molar-refractivity contribution in [3.05, 3.63) is 0 Å². The van der Waals surface area contributed by atoms with Gasteiger partial charge in [0.25, 0.3) is 0 Å². The van der Waals surface area contributed by atoms with E-state index in [1.54, 1.807) is 0 Å². The second-order valence-electron chi connectivity index (χ2n) is 7.22. The lowest BCUT2D eigenvalue weighted by molar-refractivity contribution is -0.185. The van der Waals surface area contributed by atoms with E-state index in [4.69, 9.17) is 0 Å². The molecule has 1 N–H and O–H groups in total. The van der Waals surface area contributed by atoms with Crippen LogP contribution in [0.5, 0.6) is 0 Å². The lowest BCUT2D eigenvalue weighted by Crippen LogP contribution is -2.57. The van der Waals surface area contributed by atoms with E-state index in [1.807, 2.05) is 0 Å². The average molecular weight is 208 g/mol. The minimum atomic E-state index is -0.524. The third kappa shape index (κ3) is 1.20. The van der Waals surface area contributed by atoms with Gasteiger partial charge in [-0.05, 0) is 55.3 Å². The number of hydrogen-bond acceptors (Lipinski definition) is 1. The van der Waals surface area contributed by atoms with Crippen molar-refractivity contribution in [1.82, 2.24) is 0 Å². The first-order valence-electron chi connectivity index (χ1n) is 6.08. The van der Waals surface area contributed by atoms with Crippen LogP contribution in [-0.2, 0) is 4.79 Å². The van der Waals surface area contributed by atoms with Gasteiger partial charge in [0.15, 0.2) is 0 Å². The molecule has 0 aliphatic heterocycles. The highest BCUT2D eigenvalue weighted by molar-refractivity contribution is 5.75. The average Bonchev–Trinajstić information content (AvgIpc) is 1.95. The molecular formula is C13H20O2. The number of carboxylic acid groups (broad SMARTS) is 1. The van der Waals surface area contributed by atoms with Crippen molar-refractivity contribution in [2.75, 3.05) is 0 Å². The molecule has 84 valence electrons. The van der Waals surface area contributed by atoms with Crippen LogP contribution < -0.4 is 0 Å². The van der Waals surface area contributed by atoms with E-state index in [0.29, 0.717) is 16.7 Å². The van der Waals surface area contributed by atoms with Gasteiger partial charge < -0.3 is 5.11 Å². The van der Waals surface area contributed by atoms with Crippen LogP contribution in [0.4, 0.5) is 0 Å². The van der Waals surface area contributed by atoms with Crippen molar-refractivity contribution in [2.45, 2.75) is 52.4 Å². The van der Waals surface area contributed by atoms with Crippen LogP contribution in [0.15, 0.2) is 0 Å². The van der Waals surface area contributed by atoms with Crippen molar-refractivity contribution in [3.63, 3.8) is 0 Å². The second-order valence-corrected chi connectivity index (χ2v) is 7.22. The Labute approximate surface area is 91.1 Å². The van der Waals surface area contributed by atoms with Crippen LogP contribution in [0.1, 0.15) is 52.4 Å². The summed E-state index contributed by atoms with van der Waals surface area (Å²) in [5, 5.41) is 9.51. The molecule has 0 amide bonds. The van der Waals surface area contributed by atoms with E-state index < -0.39 is 5.97 Å². The lowest BCUT2D eigenvalue weighted by Gasteiger charge is -2.63. The quantitative estimate of drug-likeness (QED) is 0.719. The highest BCUT2D eigenvalue weighted by atomic mass is 16.4. The standard InChI is InChI=1S/C13H20O2/c1-11-3-9-4-12(2,6-11)8-13(5-9,7-11)10(14)15/h9H,3-8H2,1-2H3,(H,14,15)/t9?,11-,12+,13?. The smallest absolute Gasteiger partial charge is 0.309 e. The second kappa shape index (κ2) is 2.41. The molecule has 0 heterocycles. The predicted molar refractivity (Wildman–Crippen MR) is 57.5 cm³/mol. The molecule has 0 aromatic rings. The van der Waals surface area contributed by atoms with Crippen molar-refractivity contribution in [3.8, 4) is 0 Å². The largest absolute Gasteiger partial charge is 0.481 e. The maximum atomic E-state index is 11.5. The number of rotatable bonds is 1. The van der Waals surface area contributed by atoms with Gasteiger partial charge in [-0.2, -0.15) is 0 Å². The van der Waals surface area contributed by atoms with Gasteiger partial charge in [0.2, 0.25) is 0 Å². The molecule has 2 unspecified atom stereocenters.